The molecule has 1 aromatic carbocycles. The molecule has 1 N–H and O–H groups in total. The van der Waals surface area contributed by atoms with E-state index in [1.807, 2.05) is 49.1 Å². The van der Waals surface area contributed by atoms with Crippen LogP contribution in [-0.4, -0.2) is 51.9 Å². The molecule has 2 aromatic heterocycles. The second-order valence-electron chi connectivity index (χ2n) is 7.28. The van der Waals surface area contributed by atoms with E-state index >= 15 is 0 Å². The Labute approximate surface area is 167 Å². The Morgan fingerprint density at radius 1 is 1.14 bits per heavy atom. The van der Waals surface area contributed by atoms with Gasteiger partial charge in [-0.3, -0.25) is 14.5 Å². The van der Waals surface area contributed by atoms with Crippen LogP contribution in [0.4, 0.5) is 0 Å². The first-order valence-electron chi connectivity index (χ1n) is 9.54. The van der Waals surface area contributed by atoms with Crippen LogP contribution in [0.5, 0.6) is 0 Å². The molecule has 28 heavy (non-hydrogen) atoms. The second-order valence-corrected chi connectivity index (χ2v) is 8.49. The van der Waals surface area contributed by atoms with Crippen molar-refractivity contribution in [3.8, 4) is 0 Å². The van der Waals surface area contributed by atoms with Crippen molar-refractivity contribution in [2.75, 3.05) is 26.2 Å². The lowest BCUT2D eigenvalue weighted by Crippen LogP contribution is -2.49. The summed E-state index contributed by atoms with van der Waals surface area (Å²) in [7, 11) is 0. The maximum absolute atomic E-state index is 12.6. The van der Waals surface area contributed by atoms with Gasteiger partial charge in [0.15, 0.2) is 0 Å². The molecule has 1 amide bonds. The fourth-order valence-corrected chi connectivity index (χ4v) is 4.75. The maximum atomic E-state index is 12.6. The molecule has 6 nitrogen and oxygen atoms in total. The third kappa shape index (κ3) is 3.36. The van der Waals surface area contributed by atoms with Gasteiger partial charge >= 0.3 is 0 Å². The highest BCUT2D eigenvalue weighted by molar-refractivity contribution is 7.18. The second kappa shape index (κ2) is 7.48. The van der Waals surface area contributed by atoms with Crippen LogP contribution in [0.3, 0.4) is 0 Å². The summed E-state index contributed by atoms with van der Waals surface area (Å²) in [6, 6.07) is 9.39. The third-order valence-corrected chi connectivity index (χ3v) is 6.72. The number of aromatic amines is 1. The van der Waals surface area contributed by atoms with Gasteiger partial charge in [0.2, 0.25) is 0 Å². The number of H-pyrrole nitrogens is 1. The van der Waals surface area contributed by atoms with Crippen molar-refractivity contribution in [1.82, 2.24) is 19.8 Å². The van der Waals surface area contributed by atoms with Crippen LogP contribution >= 0.6 is 11.3 Å². The molecule has 0 saturated carbocycles. The average molecular weight is 397 g/mol. The first-order valence-corrected chi connectivity index (χ1v) is 10.4. The molecule has 7 heteroatoms. The number of aryl methyl sites for hydroxylation is 2. The molecule has 1 aliphatic heterocycles. The number of hydrogen-bond acceptors (Lipinski definition) is 5. The zero-order valence-corrected chi connectivity index (χ0v) is 17.2. The molecule has 1 fully saturated rings. The van der Waals surface area contributed by atoms with E-state index < -0.39 is 0 Å². The fourth-order valence-electron chi connectivity index (χ4n) is 3.72. The molecule has 3 heterocycles. The quantitative estimate of drug-likeness (QED) is 0.739. The Kier molecular flexibility index (Phi) is 5.03. The van der Waals surface area contributed by atoms with Crippen molar-refractivity contribution >= 4 is 27.5 Å². The molecule has 0 spiro atoms. The van der Waals surface area contributed by atoms with Gasteiger partial charge in [-0.1, -0.05) is 18.2 Å². The Hall–Kier alpha value is -2.51. The number of amides is 1. The Bertz CT molecular complexity index is 1070. The van der Waals surface area contributed by atoms with Crippen LogP contribution < -0.4 is 5.56 Å². The number of carbonyl (C=O) groups excluding carboxylic acids is 1. The van der Waals surface area contributed by atoms with Gasteiger partial charge in [0.1, 0.15) is 10.7 Å². The number of benzene rings is 1. The number of thiophene rings is 1. The van der Waals surface area contributed by atoms with Crippen LogP contribution in [0.1, 0.15) is 39.6 Å². The highest BCUT2D eigenvalue weighted by Crippen LogP contribution is 2.27. The molecule has 3 aromatic rings. The summed E-state index contributed by atoms with van der Waals surface area (Å²) in [5.41, 5.74) is 1.68. The summed E-state index contributed by atoms with van der Waals surface area (Å²) in [5.74, 6) is 0.770. The van der Waals surface area contributed by atoms with Gasteiger partial charge in [0.25, 0.3) is 11.5 Å². The highest BCUT2D eigenvalue weighted by Gasteiger charge is 2.27. The zero-order valence-electron chi connectivity index (χ0n) is 16.4. The van der Waals surface area contributed by atoms with E-state index in [4.69, 9.17) is 4.98 Å². The number of hydrogen-bond donors (Lipinski definition) is 1. The van der Waals surface area contributed by atoms with Crippen LogP contribution in [0, 0.1) is 13.8 Å². The lowest BCUT2D eigenvalue weighted by atomic mass is 10.1. The maximum Gasteiger partial charge on any atom is 0.259 e. The standard InChI is InChI=1S/C21H24N4O2S/c1-13-15(3)28-20-17(13)19(26)22-18(23-20)14(2)24-9-11-25(12-10-24)21(27)16-7-5-4-6-8-16/h4-8,14H,9-12H2,1-3H3,(H,22,23,26). The van der Waals surface area contributed by atoms with E-state index in [0.717, 1.165) is 33.9 Å². The molecular weight excluding hydrogens is 372 g/mol. The van der Waals surface area contributed by atoms with Gasteiger partial charge in [0, 0.05) is 36.6 Å². The topological polar surface area (TPSA) is 69.3 Å². The number of nitrogens with one attached hydrogen (secondary N) is 1. The van der Waals surface area contributed by atoms with Gasteiger partial charge in [-0.05, 0) is 38.5 Å². The smallest absolute Gasteiger partial charge is 0.259 e. The Balaban J connectivity index is 1.48. The van der Waals surface area contributed by atoms with Crippen molar-refractivity contribution < 1.29 is 4.79 Å². The minimum absolute atomic E-state index is 0.00575. The van der Waals surface area contributed by atoms with Crippen molar-refractivity contribution in [1.29, 1.82) is 0 Å². The Morgan fingerprint density at radius 2 is 1.82 bits per heavy atom. The molecule has 1 unspecified atom stereocenters. The molecule has 0 bridgehead atoms. The lowest BCUT2D eigenvalue weighted by Gasteiger charge is -2.37. The van der Waals surface area contributed by atoms with Crippen molar-refractivity contribution in [3.05, 3.63) is 62.5 Å². The number of fused-ring (bicyclic) bond motifs is 1. The molecule has 1 saturated heterocycles. The zero-order chi connectivity index (χ0) is 19.8. The van der Waals surface area contributed by atoms with E-state index in [1.54, 1.807) is 11.3 Å². The van der Waals surface area contributed by atoms with Gasteiger partial charge in [-0.25, -0.2) is 4.98 Å². The molecule has 146 valence electrons. The molecule has 0 aliphatic carbocycles. The van der Waals surface area contributed by atoms with Crippen LogP contribution in [0.15, 0.2) is 35.1 Å². The largest absolute Gasteiger partial charge is 0.336 e. The normalized spacial score (nSPS) is 16.5. The first kappa shape index (κ1) is 18.8. The van der Waals surface area contributed by atoms with E-state index in [1.165, 1.54) is 0 Å². The molecule has 1 aliphatic rings. The average Bonchev–Trinajstić information content (AvgIpc) is 3.01. The number of carbonyl (C=O) groups is 1. The monoisotopic (exact) mass is 396 g/mol. The summed E-state index contributed by atoms with van der Waals surface area (Å²) in [6.45, 7) is 8.90. The van der Waals surface area contributed by atoms with Crippen molar-refractivity contribution in [2.45, 2.75) is 26.8 Å². The van der Waals surface area contributed by atoms with Crippen LogP contribution in [-0.2, 0) is 0 Å². The Morgan fingerprint density at radius 3 is 2.50 bits per heavy atom. The van der Waals surface area contributed by atoms with Gasteiger partial charge in [-0.15, -0.1) is 11.3 Å². The molecular formula is C21H24N4O2S. The molecule has 0 radical (unpaired) electrons. The number of aromatic nitrogens is 2. The van der Waals surface area contributed by atoms with E-state index in [2.05, 4.69) is 16.8 Å². The fraction of sp³-hybridized carbons (Fsp3) is 0.381. The van der Waals surface area contributed by atoms with E-state index in [9.17, 15) is 9.59 Å². The van der Waals surface area contributed by atoms with Gasteiger partial charge < -0.3 is 9.88 Å². The van der Waals surface area contributed by atoms with Gasteiger partial charge in [0.05, 0.1) is 11.4 Å². The predicted octanol–water partition coefficient (Wildman–Crippen LogP) is 3.12. The summed E-state index contributed by atoms with van der Waals surface area (Å²) >= 11 is 1.57. The van der Waals surface area contributed by atoms with Gasteiger partial charge in [-0.2, -0.15) is 0 Å². The summed E-state index contributed by atoms with van der Waals surface area (Å²) in [5, 5.41) is 0.705. The lowest BCUT2D eigenvalue weighted by molar-refractivity contribution is 0.0575. The van der Waals surface area contributed by atoms with E-state index in [0.29, 0.717) is 24.3 Å². The summed E-state index contributed by atoms with van der Waals surface area (Å²) < 4.78 is 0. The molecule has 4 rings (SSSR count). The number of piperazine rings is 1. The minimum Gasteiger partial charge on any atom is -0.336 e. The van der Waals surface area contributed by atoms with Crippen molar-refractivity contribution in [3.63, 3.8) is 0 Å². The SMILES string of the molecule is Cc1sc2nc(C(C)N3CCN(C(=O)c4ccccc4)CC3)[nH]c(=O)c2c1C. The number of nitrogens with zero attached hydrogens (tertiary/aromatic N) is 3. The third-order valence-electron chi connectivity index (χ3n) is 5.62. The van der Waals surface area contributed by atoms with Crippen LogP contribution in [0.25, 0.3) is 10.2 Å². The van der Waals surface area contributed by atoms with Crippen LogP contribution in [0.2, 0.25) is 0 Å². The van der Waals surface area contributed by atoms with Crippen molar-refractivity contribution in [2.24, 2.45) is 0 Å². The first-order chi connectivity index (χ1) is 13.5. The molecule has 1 atom stereocenters. The minimum atomic E-state index is -0.0633. The summed E-state index contributed by atoms with van der Waals surface area (Å²) in [4.78, 5) is 39.0. The predicted molar refractivity (Wildman–Crippen MR) is 112 cm³/mol. The summed E-state index contributed by atoms with van der Waals surface area (Å²) in [6.07, 6.45) is 0. The van der Waals surface area contributed by atoms with E-state index in [-0.39, 0.29) is 17.5 Å². The number of rotatable bonds is 3. The highest BCUT2D eigenvalue weighted by atomic mass is 32.1.